The van der Waals surface area contributed by atoms with Crippen molar-refractivity contribution in [3.8, 4) is 11.5 Å². The largest absolute Gasteiger partial charge is 0.423 e. The quantitative estimate of drug-likeness (QED) is 0.611. The van der Waals surface area contributed by atoms with Crippen LogP contribution in [0.3, 0.4) is 0 Å². The number of esters is 2. The van der Waals surface area contributed by atoms with Crippen LogP contribution in [0.5, 0.6) is 11.5 Å². The molecule has 0 unspecified atom stereocenters. The zero-order valence-electron chi connectivity index (χ0n) is 10.7. The molecule has 0 N–H and O–H groups in total. The highest BCUT2D eigenvalue weighted by molar-refractivity contribution is 5.73. The number of benzene rings is 1. The molecule has 1 aliphatic heterocycles. The van der Waals surface area contributed by atoms with Crippen LogP contribution >= 0.6 is 0 Å². The third-order valence-corrected chi connectivity index (χ3v) is 2.37. The molecule has 19 heavy (non-hydrogen) atoms. The summed E-state index contributed by atoms with van der Waals surface area (Å²) >= 11 is 0. The summed E-state index contributed by atoms with van der Waals surface area (Å²) in [6.07, 6.45) is -0.485. The van der Waals surface area contributed by atoms with E-state index >= 15 is 0 Å². The Balaban J connectivity index is 2.28. The molecular formula is C13H14O6. The van der Waals surface area contributed by atoms with E-state index in [2.05, 4.69) is 0 Å². The van der Waals surface area contributed by atoms with Crippen molar-refractivity contribution in [2.24, 2.45) is 0 Å². The molecule has 0 spiro atoms. The van der Waals surface area contributed by atoms with Crippen molar-refractivity contribution in [2.75, 3.05) is 13.2 Å². The van der Waals surface area contributed by atoms with Crippen LogP contribution in [0.25, 0.3) is 0 Å². The summed E-state index contributed by atoms with van der Waals surface area (Å²) in [5.41, 5.74) is 0.699. The molecule has 102 valence electrons. The molecular weight excluding hydrogens is 252 g/mol. The van der Waals surface area contributed by atoms with Crippen molar-refractivity contribution in [2.45, 2.75) is 20.1 Å². The summed E-state index contributed by atoms with van der Waals surface area (Å²) in [6, 6.07) is 4.80. The standard InChI is InChI=1S/C13H14O6/c1-8(14)18-11-4-3-10(13-16-5-6-17-13)7-12(11)19-9(2)15/h3-4,7,13H,5-6H2,1-2H3. The second-order valence-electron chi connectivity index (χ2n) is 3.97. The molecule has 0 aliphatic carbocycles. The molecule has 0 amide bonds. The number of hydrogen-bond acceptors (Lipinski definition) is 6. The molecule has 1 saturated heterocycles. The minimum atomic E-state index is -0.501. The fourth-order valence-electron chi connectivity index (χ4n) is 1.70. The average molecular weight is 266 g/mol. The van der Waals surface area contributed by atoms with Crippen LogP contribution < -0.4 is 9.47 Å². The first-order chi connectivity index (χ1) is 9.06. The summed E-state index contributed by atoms with van der Waals surface area (Å²) in [7, 11) is 0. The van der Waals surface area contributed by atoms with Crippen LogP contribution in [-0.2, 0) is 19.1 Å². The van der Waals surface area contributed by atoms with Crippen LogP contribution in [0.1, 0.15) is 25.7 Å². The highest BCUT2D eigenvalue weighted by Crippen LogP contribution is 2.33. The van der Waals surface area contributed by atoms with Crippen molar-refractivity contribution in [1.82, 2.24) is 0 Å². The van der Waals surface area contributed by atoms with E-state index in [0.717, 1.165) is 0 Å². The fraction of sp³-hybridized carbons (Fsp3) is 0.385. The Hall–Kier alpha value is -1.92. The van der Waals surface area contributed by atoms with Gasteiger partial charge in [0.05, 0.1) is 13.2 Å². The third-order valence-electron chi connectivity index (χ3n) is 2.37. The van der Waals surface area contributed by atoms with Gasteiger partial charge in [-0.15, -0.1) is 0 Å². The maximum Gasteiger partial charge on any atom is 0.308 e. The van der Waals surface area contributed by atoms with E-state index in [1.807, 2.05) is 0 Å². The van der Waals surface area contributed by atoms with Crippen molar-refractivity contribution in [3.63, 3.8) is 0 Å². The normalized spacial score (nSPS) is 15.3. The molecule has 6 nitrogen and oxygen atoms in total. The first kappa shape index (κ1) is 13.5. The van der Waals surface area contributed by atoms with Gasteiger partial charge >= 0.3 is 11.9 Å². The second-order valence-corrected chi connectivity index (χ2v) is 3.97. The highest BCUT2D eigenvalue weighted by atomic mass is 16.7. The second kappa shape index (κ2) is 5.81. The highest BCUT2D eigenvalue weighted by Gasteiger charge is 2.21. The number of ether oxygens (including phenoxy) is 4. The van der Waals surface area contributed by atoms with Gasteiger partial charge in [-0.3, -0.25) is 9.59 Å². The van der Waals surface area contributed by atoms with Gasteiger partial charge in [-0.25, -0.2) is 0 Å². The summed E-state index contributed by atoms with van der Waals surface area (Å²) in [5.74, 6) is -0.642. The average Bonchev–Trinajstić information content (AvgIpc) is 2.83. The third kappa shape index (κ3) is 3.52. The number of rotatable bonds is 3. The molecule has 0 saturated carbocycles. The molecule has 6 heteroatoms. The molecule has 2 rings (SSSR count). The van der Waals surface area contributed by atoms with E-state index < -0.39 is 18.2 Å². The van der Waals surface area contributed by atoms with Crippen molar-refractivity contribution < 1.29 is 28.5 Å². The molecule has 1 aromatic rings. The summed E-state index contributed by atoms with van der Waals surface area (Å²) in [4.78, 5) is 22.0. The Labute approximate surface area is 110 Å². The van der Waals surface area contributed by atoms with E-state index in [9.17, 15) is 9.59 Å². The Morgan fingerprint density at radius 3 is 2.21 bits per heavy atom. The smallest absolute Gasteiger partial charge is 0.308 e. The molecule has 1 aliphatic rings. The topological polar surface area (TPSA) is 71.1 Å². The Morgan fingerprint density at radius 1 is 1.05 bits per heavy atom. The van der Waals surface area contributed by atoms with Crippen LogP contribution in [0.2, 0.25) is 0 Å². The van der Waals surface area contributed by atoms with E-state index in [1.165, 1.54) is 13.8 Å². The summed E-state index contributed by atoms with van der Waals surface area (Å²) in [6.45, 7) is 3.57. The zero-order chi connectivity index (χ0) is 13.8. The molecule has 1 heterocycles. The number of carbonyl (C=O) groups is 2. The van der Waals surface area contributed by atoms with Gasteiger partial charge in [0.2, 0.25) is 0 Å². The van der Waals surface area contributed by atoms with Crippen LogP contribution in [0.4, 0.5) is 0 Å². The van der Waals surface area contributed by atoms with Gasteiger partial charge < -0.3 is 18.9 Å². The lowest BCUT2D eigenvalue weighted by molar-refractivity contribution is -0.134. The molecule has 0 bridgehead atoms. The molecule has 0 aromatic heterocycles. The van der Waals surface area contributed by atoms with Gasteiger partial charge in [0, 0.05) is 19.4 Å². The number of carbonyl (C=O) groups excluding carboxylic acids is 2. The van der Waals surface area contributed by atoms with Crippen LogP contribution in [0, 0.1) is 0 Å². The van der Waals surface area contributed by atoms with Gasteiger partial charge in [-0.2, -0.15) is 0 Å². The maximum absolute atomic E-state index is 11.1. The first-order valence-corrected chi connectivity index (χ1v) is 5.80. The van der Waals surface area contributed by atoms with E-state index in [-0.39, 0.29) is 11.5 Å². The lowest BCUT2D eigenvalue weighted by atomic mass is 10.2. The van der Waals surface area contributed by atoms with Gasteiger partial charge in [-0.05, 0) is 18.2 Å². The maximum atomic E-state index is 11.1. The minimum Gasteiger partial charge on any atom is -0.423 e. The molecule has 0 radical (unpaired) electrons. The molecule has 1 fully saturated rings. The van der Waals surface area contributed by atoms with Crippen molar-refractivity contribution in [1.29, 1.82) is 0 Å². The zero-order valence-corrected chi connectivity index (χ0v) is 10.7. The SMILES string of the molecule is CC(=O)Oc1ccc(C2OCCO2)cc1OC(C)=O. The van der Waals surface area contributed by atoms with Crippen LogP contribution in [-0.4, -0.2) is 25.2 Å². The predicted molar refractivity (Wildman–Crippen MR) is 63.7 cm³/mol. The summed E-state index contributed by atoms with van der Waals surface area (Å²) < 4.78 is 20.7. The predicted octanol–water partition coefficient (Wildman–Crippen LogP) is 1.58. The lowest BCUT2D eigenvalue weighted by Gasteiger charge is -2.13. The minimum absolute atomic E-state index is 0.166. The lowest BCUT2D eigenvalue weighted by Crippen LogP contribution is -2.08. The van der Waals surface area contributed by atoms with Gasteiger partial charge in [0.1, 0.15) is 0 Å². The van der Waals surface area contributed by atoms with E-state index in [1.54, 1.807) is 18.2 Å². The van der Waals surface area contributed by atoms with E-state index in [4.69, 9.17) is 18.9 Å². The summed E-state index contributed by atoms with van der Waals surface area (Å²) in [5, 5.41) is 0. The van der Waals surface area contributed by atoms with Crippen LogP contribution in [0.15, 0.2) is 18.2 Å². The van der Waals surface area contributed by atoms with Gasteiger partial charge in [-0.1, -0.05) is 0 Å². The Bertz CT molecular complexity index is 490. The fourth-order valence-corrected chi connectivity index (χ4v) is 1.70. The molecule has 0 atom stereocenters. The van der Waals surface area contributed by atoms with E-state index in [0.29, 0.717) is 18.8 Å². The monoisotopic (exact) mass is 266 g/mol. The first-order valence-electron chi connectivity index (χ1n) is 5.80. The van der Waals surface area contributed by atoms with Gasteiger partial charge in [0.15, 0.2) is 17.8 Å². The van der Waals surface area contributed by atoms with Crippen molar-refractivity contribution in [3.05, 3.63) is 23.8 Å². The Morgan fingerprint density at radius 2 is 1.63 bits per heavy atom. The molecule has 1 aromatic carbocycles. The Kier molecular flexibility index (Phi) is 4.13. The van der Waals surface area contributed by atoms with Gasteiger partial charge in [0.25, 0.3) is 0 Å². The van der Waals surface area contributed by atoms with Crippen molar-refractivity contribution >= 4 is 11.9 Å². The number of hydrogen-bond donors (Lipinski definition) is 0.